The van der Waals surface area contributed by atoms with Crippen molar-refractivity contribution in [1.82, 2.24) is 4.90 Å². The molecule has 1 aromatic rings. The minimum atomic E-state index is -0.174. The molecule has 1 aromatic carbocycles. The largest absolute Gasteiger partial charge is 0.363 e. The molecule has 3 aliphatic rings. The second kappa shape index (κ2) is 7.44. The number of carbonyl (C=O) groups excluding carboxylic acids is 1. The fraction of sp³-hybridized carbons (Fsp3) is 0.696. The number of benzene rings is 1. The summed E-state index contributed by atoms with van der Waals surface area (Å²) >= 11 is 0. The van der Waals surface area contributed by atoms with Crippen molar-refractivity contribution in [2.24, 2.45) is 11.8 Å². The summed E-state index contributed by atoms with van der Waals surface area (Å²) in [7, 11) is 0. The molecule has 4 heteroatoms. The van der Waals surface area contributed by atoms with Crippen molar-refractivity contribution < 1.29 is 9.18 Å². The van der Waals surface area contributed by atoms with Gasteiger partial charge in [0.1, 0.15) is 5.82 Å². The van der Waals surface area contributed by atoms with Gasteiger partial charge in [-0.05, 0) is 69.6 Å². The topological polar surface area (TPSA) is 23.6 Å². The van der Waals surface area contributed by atoms with Gasteiger partial charge in [0.2, 0.25) is 5.91 Å². The number of piperidine rings is 1. The molecule has 0 bridgehead atoms. The number of hydrogen-bond donors (Lipinski definition) is 0. The van der Waals surface area contributed by atoms with Crippen LogP contribution in [0.3, 0.4) is 0 Å². The van der Waals surface area contributed by atoms with E-state index in [4.69, 9.17) is 0 Å². The van der Waals surface area contributed by atoms with Gasteiger partial charge in [0.05, 0.1) is 0 Å². The Bertz CT molecular complexity index is 683. The molecule has 2 aliphatic heterocycles. The van der Waals surface area contributed by atoms with Gasteiger partial charge in [0.15, 0.2) is 0 Å². The normalized spacial score (nSPS) is 28.3. The molecule has 3 fully saturated rings. The van der Waals surface area contributed by atoms with Gasteiger partial charge in [-0.3, -0.25) is 4.79 Å². The standard InChI is InChI=1S/C23H33FN2O/c1-23(2)15-18-16-25(22(27)13-17-7-4-3-5-8-17)12-11-21(18)26(23)20-10-6-9-19(24)14-20/h6,9-10,14,17-18,21H,3-5,7-8,11-13,15-16H2,1-2H3/t18-,21+/m1/s1. The van der Waals surface area contributed by atoms with Gasteiger partial charge in [-0.2, -0.15) is 0 Å². The maximum atomic E-state index is 13.8. The van der Waals surface area contributed by atoms with E-state index in [1.165, 1.54) is 38.2 Å². The van der Waals surface area contributed by atoms with Crippen LogP contribution in [0.25, 0.3) is 0 Å². The molecule has 2 atom stereocenters. The fourth-order valence-corrected chi connectivity index (χ4v) is 5.91. The van der Waals surface area contributed by atoms with Gasteiger partial charge in [0.25, 0.3) is 0 Å². The second-order valence-corrected chi connectivity index (χ2v) is 9.53. The minimum Gasteiger partial charge on any atom is -0.363 e. The number of amides is 1. The zero-order chi connectivity index (χ0) is 19.0. The summed E-state index contributed by atoms with van der Waals surface area (Å²) in [4.78, 5) is 17.4. The first-order chi connectivity index (χ1) is 12.9. The Balaban J connectivity index is 1.44. The lowest BCUT2D eigenvalue weighted by atomic mass is 9.85. The summed E-state index contributed by atoms with van der Waals surface area (Å²) in [5, 5.41) is 0. The second-order valence-electron chi connectivity index (χ2n) is 9.53. The van der Waals surface area contributed by atoms with Crippen LogP contribution in [0.1, 0.15) is 65.2 Å². The summed E-state index contributed by atoms with van der Waals surface area (Å²) in [6, 6.07) is 7.40. The molecule has 0 aromatic heterocycles. The summed E-state index contributed by atoms with van der Waals surface area (Å²) in [5.74, 6) is 1.27. The highest BCUT2D eigenvalue weighted by atomic mass is 19.1. The Labute approximate surface area is 162 Å². The van der Waals surface area contributed by atoms with E-state index in [0.717, 1.165) is 38.0 Å². The van der Waals surface area contributed by atoms with Gasteiger partial charge in [-0.15, -0.1) is 0 Å². The van der Waals surface area contributed by atoms with Crippen LogP contribution in [0.15, 0.2) is 24.3 Å². The van der Waals surface area contributed by atoms with Crippen molar-refractivity contribution in [3.8, 4) is 0 Å². The first kappa shape index (κ1) is 18.8. The number of anilines is 1. The van der Waals surface area contributed by atoms with Crippen molar-refractivity contribution in [2.45, 2.75) is 76.8 Å². The van der Waals surface area contributed by atoms with Crippen LogP contribution in [0.4, 0.5) is 10.1 Å². The van der Waals surface area contributed by atoms with Crippen LogP contribution in [-0.2, 0) is 4.79 Å². The molecule has 0 spiro atoms. The lowest BCUT2D eigenvalue weighted by molar-refractivity contribution is -0.134. The van der Waals surface area contributed by atoms with Gasteiger partial charge < -0.3 is 9.80 Å². The lowest BCUT2D eigenvalue weighted by Crippen LogP contribution is -2.50. The van der Waals surface area contributed by atoms with E-state index in [1.807, 2.05) is 6.07 Å². The molecule has 1 amide bonds. The lowest BCUT2D eigenvalue weighted by Gasteiger charge is -2.42. The van der Waals surface area contributed by atoms with Gasteiger partial charge in [-0.1, -0.05) is 25.3 Å². The van der Waals surface area contributed by atoms with E-state index in [9.17, 15) is 9.18 Å². The highest BCUT2D eigenvalue weighted by molar-refractivity contribution is 5.76. The van der Waals surface area contributed by atoms with E-state index in [2.05, 4.69) is 23.6 Å². The van der Waals surface area contributed by atoms with Crippen molar-refractivity contribution >= 4 is 11.6 Å². The molecule has 1 aliphatic carbocycles. The van der Waals surface area contributed by atoms with Crippen LogP contribution >= 0.6 is 0 Å². The zero-order valence-electron chi connectivity index (χ0n) is 16.8. The third kappa shape index (κ3) is 3.86. The molecule has 0 radical (unpaired) electrons. The third-order valence-electron chi connectivity index (χ3n) is 7.07. The van der Waals surface area contributed by atoms with E-state index >= 15 is 0 Å². The Hall–Kier alpha value is -1.58. The first-order valence-electron chi connectivity index (χ1n) is 10.8. The van der Waals surface area contributed by atoms with Crippen molar-refractivity contribution in [2.75, 3.05) is 18.0 Å². The Morgan fingerprint density at radius 1 is 1.19 bits per heavy atom. The van der Waals surface area contributed by atoms with Crippen LogP contribution in [0, 0.1) is 17.7 Å². The molecule has 1 saturated carbocycles. The maximum Gasteiger partial charge on any atom is 0.222 e. The summed E-state index contributed by atoms with van der Waals surface area (Å²) in [6.45, 7) is 6.22. The smallest absolute Gasteiger partial charge is 0.222 e. The summed E-state index contributed by atoms with van der Waals surface area (Å²) in [6.07, 6.45) is 9.16. The third-order valence-corrected chi connectivity index (χ3v) is 7.07. The molecule has 4 rings (SSSR count). The number of hydrogen-bond acceptors (Lipinski definition) is 2. The summed E-state index contributed by atoms with van der Waals surface area (Å²) in [5.41, 5.74) is 0.973. The minimum absolute atomic E-state index is 0.00838. The number of fused-ring (bicyclic) bond motifs is 1. The van der Waals surface area contributed by atoms with Crippen LogP contribution < -0.4 is 4.90 Å². The van der Waals surface area contributed by atoms with E-state index in [-0.39, 0.29) is 11.4 Å². The molecular weight excluding hydrogens is 339 g/mol. The van der Waals surface area contributed by atoms with E-state index in [1.54, 1.807) is 12.1 Å². The van der Waals surface area contributed by atoms with E-state index < -0.39 is 0 Å². The predicted molar refractivity (Wildman–Crippen MR) is 107 cm³/mol. The Morgan fingerprint density at radius 3 is 2.70 bits per heavy atom. The van der Waals surface area contributed by atoms with E-state index in [0.29, 0.717) is 23.8 Å². The number of likely N-dealkylation sites (tertiary alicyclic amines) is 1. The zero-order valence-corrected chi connectivity index (χ0v) is 16.8. The molecule has 148 valence electrons. The molecule has 3 nitrogen and oxygen atoms in total. The van der Waals surface area contributed by atoms with Crippen molar-refractivity contribution in [3.63, 3.8) is 0 Å². The predicted octanol–water partition coefficient (Wildman–Crippen LogP) is 5.00. The maximum absolute atomic E-state index is 13.8. The highest BCUT2D eigenvalue weighted by Gasteiger charge is 2.48. The van der Waals surface area contributed by atoms with Gasteiger partial charge in [0, 0.05) is 36.8 Å². The highest BCUT2D eigenvalue weighted by Crippen LogP contribution is 2.45. The van der Waals surface area contributed by atoms with Crippen LogP contribution in [-0.4, -0.2) is 35.5 Å². The SMILES string of the molecule is CC1(C)C[C@@H]2CN(C(=O)CC3CCCCC3)CC[C@@H]2N1c1cccc(F)c1. The van der Waals surface area contributed by atoms with Crippen molar-refractivity contribution in [3.05, 3.63) is 30.1 Å². The van der Waals surface area contributed by atoms with Crippen molar-refractivity contribution in [1.29, 1.82) is 0 Å². The molecular formula is C23H33FN2O. The summed E-state index contributed by atoms with van der Waals surface area (Å²) < 4.78 is 13.8. The Morgan fingerprint density at radius 2 is 1.96 bits per heavy atom. The van der Waals surface area contributed by atoms with Crippen LogP contribution in [0.2, 0.25) is 0 Å². The molecule has 2 saturated heterocycles. The monoisotopic (exact) mass is 372 g/mol. The molecule has 27 heavy (non-hydrogen) atoms. The Kier molecular flexibility index (Phi) is 5.17. The van der Waals surface area contributed by atoms with Gasteiger partial charge in [-0.25, -0.2) is 4.39 Å². The molecule has 0 unspecified atom stereocenters. The fourth-order valence-electron chi connectivity index (χ4n) is 5.91. The average Bonchev–Trinajstić information content (AvgIpc) is 2.91. The quantitative estimate of drug-likeness (QED) is 0.745. The number of nitrogens with zero attached hydrogens (tertiary/aromatic N) is 2. The average molecular weight is 373 g/mol. The first-order valence-corrected chi connectivity index (χ1v) is 10.8. The molecule has 0 N–H and O–H groups in total. The van der Waals surface area contributed by atoms with Crippen LogP contribution in [0.5, 0.6) is 0 Å². The number of halogens is 1. The number of carbonyl (C=O) groups is 1. The van der Waals surface area contributed by atoms with Gasteiger partial charge >= 0.3 is 0 Å². The number of rotatable bonds is 3. The molecule has 2 heterocycles.